The van der Waals surface area contributed by atoms with Gasteiger partial charge in [-0.3, -0.25) is 4.79 Å². The van der Waals surface area contributed by atoms with E-state index in [0.717, 1.165) is 41.6 Å². The number of aryl methyl sites for hydroxylation is 1. The van der Waals surface area contributed by atoms with Crippen molar-refractivity contribution in [2.24, 2.45) is 13.0 Å². The first-order valence-electron chi connectivity index (χ1n) is 13.7. The molecule has 1 spiro atoms. The number of hydrogen-bond donors (Lipinski definition) is 2. The van der Waals surface area contributed by atoms with Crippen LogP contribution in [0.15, 0.2) is 42.5 Å². The van der Waals surface area contributed by atoms with Crippen LogP contribution < -0.4 is 10.1 Å². The molecule has 0 bridgehead atoms. The fraction of sp³-hybridized carbons (Fsp3) is 0.467. The number of urea groups is 1. The molecule has 2 N–H and O–H groups in total. The van der Waals surface area contributed by atoms with E-state index < -0.39 is 11.9 Å². The number of rotatable bonds is 4. The molecule has 3 aliphatic rings. The molecule has 0 unspecified atom stereocenters. The van der Waals surface area contributed by atoms with E-state index in [1.807, 2.05) is 24.1 Å². The molecule has 0 radical (unpaired) electrons. The Hall–Kier alpha value is -3.59. The lowest BCUT2D eigenvalue weighted by atomic mass is 9.67. The van der Waals surface area contributed by atoms with Crippen molar-refractivity contribution in [3.63, 3.8) is 0 Å². The maximum Gasteiger partial charge on any atom is 0.321 e. The summed E-state index contributed by atoms with van der Waals surface area (Å²) in [5, 5.41) is 14.5. The molecule has 9 heteroatoms. The van der Waals surface area contributed by atoms with Crippen LogP contribution in [-0.2, 0) is 17.3 Å². The van der Waals surface area contributed by atoms with Gasteiger partial charge in [0, 0.05) is 60.8 Å². The van der Waals surface area contributed by atoms with Crippen LogP contribution in [0.2, 0.25) is 0 Å². The van der Waals surface area contributed by atoms with E-state index in [9.17, 15) is 19.1 Å². The molecule has 6 rings (SSSR count). The number of ether oxygens (including phenoxy) is 1. The number of halogens is 1. The van der Waals surface area contributed by atoms with Gasteiger partial charge in [-0.1, -0.05) is 12.5 Å². The van der Waals surface area contributed by atoms with Gasteiger partial charge in [-0.25, -0.2) is 9.18 Å². The van der Waals surface area contributed by atoms with Gasteiger partial charge >= 0.3 is 6.03 Å². The maximum absolute atomic E-state index is 13.7. The summed E-state index contributed by atoms with van der Waals surface area (Å²) in [4.78, 5) is 30.4. The van der Waals surface area contributed by atoms with Crippen molar-refractivity contribution in [3.05, 3.63) is 59.5 Å². The zero-order chi connectivity index (χ0) is 27.3. The van der Waals surface area contributed by atoms with Crippen LogP contribution in [-0.4, -0.2) is 64.8 Å². The Balaban J connectivity index is 1.37. The van der Waals surface area contributed by atoms with Gasteiger partial charge in [0.25, 0.3) is 0 Å². The predicted octanol–water partition coefficient (Wildman–Crippen LogP) is 4.57. The van der Waals surface area contributed by atoms with Crippen molar-refractivity contribution in [2.75, 3.05) is 38.7 Å². The number of benzene rings is 2. The number of fused-ring (bicyclic) bond motifs is 4. The quantitative estimate of drug-likeness (QED) is 0.514. The molecule has 2 fully saturated rings. The van der Waals surface area contributed by atoms with E-state index in [2.05, 4.69) is 16.0 Å². The number of aliphatic hydroxyl groups excluding tert-OH is 1. The van der Waals surface area contributed by atoms with Crippen molar-refractivity contribution in [1.29, 1.82) is 0 Å². The summed E-state index contributed by atoms with van der Waals surface area (Å²) >= 11 is 0. The summed E-state index contributed by atoms with van der Waals surface area (Å²) in [5.74, 6) is 0.493. The highest BCUT2D eigenvalue weighted by molar-refractivity contribution is 5.91. The monoisotopic (exact) mass is 534 g/mol. The standard InChI is InChI=1S/C30H35FN4O4/c1-33-24-16-22(39-2)9-10-23(24)26-27(33)25(17-36)35(28(37)19-5-3-6-19)18-30(26)11-13-34(14-12-30)29(38)32-21-8-4-7-20(31)15-21/h4,7-10,15-16,19,25,36H,3,5-6,11-14,17-18H2,1-2H3,(H,32,38)/t25-/m1/s1. The fourth-order valence-corrected chi connectivity index (χ4v) is 6.79. The molecule has 1 saturated carbocycles. The van der Waals surface area contributed by atoms with Crippen LogP contribution in [0.25, 0.3) is 10.9 Å². The van der Waals surface area contributed by atoms with Gasteiger partial charge in [-0.05, 0) is 61.6 Å². The number of hydrogen-bond acceptors (Lipinski definition) is 4. The van der Waals surface area contributed by atoms with Gasteiger partial charge in [-0.2, -0.15) is 0 Å². The first kappa shape index (κ1) is 25.7. The van der Waals surface area contributed by atoms with Crippen LogP contribution in [0, 0.1) is 11.7 Å². The fourth-order valence-electron chi connectivity index (χ4n) is 6.79. The second-order valence-electron chi connectivity index (χ2n) is 11.2. The molecule has 3 aromatic rings. The van der Waals surface area contributed by atoms with E-state index in [0.29, 0.717) is 38.2 Å². The molecule has 8 nitrogen and oxygen atoms in total. The van der Waals surface area contributed by atoms with E-state index in [4.69, 9.17) is 4.74 Å². The smallest absolute Gasteiger partial charge is 0.321 e. The number of carbonyl (C=O) groups is 2. The zero-order valence-corrected chi connectivity index (χ0v) is 22.5. The minimum absolute atomic E-state index is 0.0181. The number of piperidine rings is 1. The van der Waals surface area contributed by atoms with Crippen molar-refractivity contribution >= 4 is 28.5 Å². The third-order valence-electron chi connectivity index (χ3n) is 9.14. The topological polar surface area (TPSA) is 87.0 Å². The molecule has 1 atom stereocenters. The number of likely N-dealkylation sites (tertiary alicyclic amines) is 1. The van der Waals surface area contributed by atoms with E-state index in [1.165, 1.54) is 17.7 Å². The number of nitrogens with one attached hydrogen (secondary N) is 1. The Bertz CT molecular complexity index is 1420. The SMILES string of the molecule is COc1ccc2c3c(n(C)c2c1)[C@@H](CO)N(C(=O)C1CCC1)CC31CCN(C(=O)Nc2cccc(F)c2)CC1. The van der Waals surface area contributed by atoms with Crippen molar-refractivity contribution in [1.82, 2.24) is 14.4 Å². The normalized spacial score (nSPS) is 20.6. The average molecular weight is 535 g/mol. The molecular weight excluding hydrogens is 499 g/mol. The Morgan fingerprint density at radius 2 is 1.92 bits per heavy atom. The summed E-state index contributed by atoms with van der Waals surface area (Å²) in [6.45, 7) is 1.38. The average Bonchev–Trinajstić information content (AvgIpc) is 3.20. The molecule has 3 heterocycles. The lowest BCUT2D eigenvalue weighted by molar-refractivity contribution is -0.144. The molecule has 1 aromatic heterocycles. The Kier molecular flexibility index (Phi) is 6.49. The first-order chi connectivity index (χ1) is 18.8. The van der Waals surface area contributed by atoms with Crippen LogP contribution in [0.1, 0.15) is 49.4 Å². The highest BCUT2D eigenvalue weighted by Crippen LogP contribution is 2.51. The van der Waals surface area contributed by atoms with E-state index in [-0.39, 0.29) is 29.9 Å². The van der Waals surface area contributed by atoms with Gasteiger partial charge < -0.3 is 29.5 Å². The molecule has 2 aromatic carbocycles. The Morgan fingerprint density at radius 3 is 2.56 bits per heavy atom. The minimum atomic E-state index is -0.420. The molecule has 1 aliphatic carbocycles. The number of methoxy groups -OCH3 is 1. The first-order valence-corrected chi connectivity index (χ1v) is 13.7. The zero-order valence-electron chi connectivity index (χ0n) is 22.5. The molecule has 206 valence electrons. The van der Waals surface area contributed by atoms with Crippen molar-refractivity contribution < 1.29 is 23.8 Å². The lowest BCUT2D eigenvalue weighted by Crippen LogP contribution is -2.57. The predicted molar refractivity (Wildman–Crippen MR) is 146 cm³/mol. The third kappa shape index (κ3) is 4.23. The summed E-state index contributed by atoms with van der Waals surface area (Å²) in [7, 11) is 3.64. The number of amides is 3. The van der Waals surface area contributed by atoms with Crippen LogP contribution in [0.5, 0.6) is 5.75 Å². The molecule has 2 aliphatic heterocycles. The number of aliphatic hydroxyl groups is 1. The highest BCUT2D eigenvalue weighted by atomic mass is 19.1. The summed E-state index contributed by atoms with van der Waals surface area (Å²) in [6.07, 6.45) is 4.21. The number of carbonyl (C=O) groups excluding carboxylic acids is 2. The largest absolute Gasteiger partial charge is 0.497 e. The van der Waals surface area contributed by atoms with Crippen molar-refractivity contribution in [3.8, 4) is 5.75 Å². The third-order valence-corrected chi connectivity index (χ3v) is 9.14. The van der Waals surface area contributed by atoms with Crippen LogP contribution in [0.3, 0.4) is 0 Å². The minimum Gasteiger partial charge on any atom is -0.497 e. The second kappa shape index (κ2) is 9.86. The lowest BCUT2D eigenvalue weighted by Gasteiger charge is -2.51. The van der Waals surface area contributed by atoms with Gasteiger partial charge in [-0.15, -0.1) is 0 Å². The molecule has 1 saturated heterocycles. The van der Waals surface area contributed by atoms with Crippen LogP contribution >= 0.6 is 0 Å². The Labute approximate surface area is 227 Å². The molecule has 3 amide bonds. The summed E-state index contributed by atoms with van der Waals surface area (Å²) in [6, 6.07) is 11.3. The van der Waals surface area contributed by atoms with E-state index >= 15 is 0 Å². The molecule has 39 heavy (non-hydrogen) atoms. The van der Waals surface area contributed by atoms with Crippen molar-refractivity contribution in [2.45, 2.75) is 43.6 Å². The number of nitrogens with zero attached hydrogens (tertiary/aromatic N) is 3. The number of anilines is 1. The summed E-state index contributed by atoms with van der Waals surface area (Å²) in [5.41, 5.74) is 3.21. The maximum atomic E-state index is 13.7. The molecular formula is C30H35FN4O4. The van der Waals surface area contributed by atoms with E-state index in [1.54, 1.807) is 24.1 Å². The van der Waals surface area contributed by atoms with Gasteiger partial charge in [0.05, 0.1) is 25.3 Å². The van der Waals surface area contributed by atoms with Crippen LogP contribution in [0.4, 0.5) is 14.9 Å². The summed E-state index contributed by atoms with van der Waals surface area (Å²) < 4.78 is 21.3. The highest BCUT2D eigenvalue weighted by Gasteiger charge is 2.50. The van der Waals surface area contributed by atoms with Gasteiger partial charge in [0.1, 0.15) is 11.6 Å². The van der Waals surface area contributed by atoms with Gasteiger partial charge in [0.15, 0.2) is 0 Å². The van der Waals surface area contributed by atoms with Gasteiger partial charge in [0.2, 0.25) is 5.91 Å². The second-order valence-corrected chi connectivity index (χ2v) is 11.2. The number of aromatic nitrogens is 1. The Morgan fingerprint density at radius 1 is 1.15 bits per heavy atom.